The summed E-state index contributed by atoms with van der Waals surface area (Å²) < 4.78 is 1.08. The first-order valence-electron chi connectivity index (χ1n) is 5.64. The molecule has 0 fully saturated rings. The highest BCUT2D eigenvalue weighted by Crippen LogP contribution is 2.18. The summed E-state index contributed by atoms with van der Waals surface area (Å²) in [6, 6.07) is 6.10. The predicted molar refractivity (Wildman–Crippen MR) is 70.4 cm³/mol. The summed E-state index contributed by atoms with van der Waals surface area (Å²) in [4.78, 5) is 7.88. The fraction of sp³-hybridized carbons (Fsp3) is 0.417. The van der Waals surface area contributed by atoms with Crippen LogP contribution in [-0.2, 0) is 6.42 Å². The van der Waals surface area contributed by atoms with Gasteiger partial charge in [0.15, 0.2) is 0 Å². The Balaban J connectivity index is 2.02. The van der Waals surface area contributed by atoms with Crippen LogP contribution in [0, 0.1) is 0 Å². The van der Waals surface area contributed by atoms with Gasteiger partial charge in [-0.1, -0.05) is 22.4 Å². The van der Waals surface area contributed by atoms with Crippen molar-refractivity contribution in [2.24, 2.45) is 5.73 Å². The summed E-state index contributed by atoms with van der Waals surface area (Å²) in [7, 11) is 0. The summed E-state index contributed by atoms with van der Waals surface area (Å²) in [5.41, 5.74) is 7.60. The van der Waals surface area contributed by atoms with E-state index in [1.165, 1.54) is 6.42 Å². The summed E-state index contributed by atoms with van der Waals surface area (Å²) in [5, 5.41) is 0. The maximum absolute atomic E-state index is 5.46. The fourth-order valence-electron chi connectivity index (χ4n) is 1.77. The number of nitrogens with zero attached hydrogens (tertiary/aromatic N) is 1. The number of nitrogens with two attached hydrogens (primary N) is 1. The number of aryl methyl sites for hydroxylation is 1. The van der Waals surface area contributed by atoms with Gasteiger partial charge in [-0.2, -0.15) is 0 Å². The van der Waals surface area contributed by atoms with Gasteiger partial charge in [-0.15, -0.1) is 0 Å². The molecule has 0 saturated heterocycles. The number of aromatic nitrogens is 2. The third kappa shape index (κ3) is 2.83. The molecule has 0 radical (unpaired) electrons. The second-order valence-corrected chi connectivity index (χ2v) is 4.86. The minimum atomic E-state index is 0.785. The molecule has 2 aromatic rings. The molecule has 1 aromatic heterocycles. The monoisotopic (exact) mass is 281 g/mol. The number of aromatic amines is 1. The smallest absolute Gasteiger partial charge is 0.107 e. The number of halogens is 1. The largest absolute Gasteiger partial charge is 0.342 e. The quantitative estimate of drug-likeness (QED) is 0.828. The highest BCUT2D eigenvalue weighted by molar-refractivity contribution is 9.10. The predicted octanol–water partition coefficient (Wildman–Crippen LogP) is 3.00. The molecule has 3 N–H and O–H groups in total. The Morgan fingerprint density at radius 2 is 2.12 bits per heavy atom. The molecule has 0 aliphatic heterocycles. The molecule has 0 spiro atoms. The molecule has 0 atom stereocenters. The first kappa shape index (κ1) is 11.6. The number of hydrogen-bond donors (Lipinski definition) is 2. The summed E-state index contributed by atoms with van der Waals surface area (Å²) >= 11 is 3.45. The molecule has 2 rings (SSSR count). The molecule has 1 heterocycles. The van der Waals surface area contributed by atoms with E-state index >= 15 is 0 Å². The van der Waals surface area contributed by atoms with Gasteiger partial charge in [0.25, 0.3) is 0 Å². The van der Waals surface area contributed by atoms with E-state index in [2.05, 4.69) is 32.0 Å². The van der Waals surface area contributed by atoms with E-state index in [0.717, 1.165) is 47.1 Å². The highest BCUT2D eigenvalue weighted by atomic mass is 79.9. The van der Waals surface area contributed by atoms with E-state index in [1.54, 1.807) is 0 Å². The van der Waals surface area contributed by atoms with Crippen molar-refractivity contribution in [3.05, 3.63) is 28.5 Å². The van der Waals surface area contributed by atoms with Crippen molar-refractivity contribution in [3.8, 4) is 0 Å². The second-order valence-electron chi connectivity index (χ2n) is 3.94. The highest BCUT2D eigenvalue weighted by Gasteiger charge is 2.02. The van der Waals surface area contributed by atoms with Gasteiger partial charge in [0.2, 0.25) is 0 Å². The first-order valence-corrected chi connectivity index (χ1v) is 6.43. The van der Waals surface area contributed by atoms with Crippen LogP contribution in [0.4, 0.5) is 0 Å². The van der Waals surface area contributed by atoms with Gasteiger partial charge >= 0.3 is 0 Å². The number of H-pyrrole nitrogens is 1. The van der Waals surface area contributed by atoms with Crippen molar-refractivity contribution in [1.82, 2.24) is 9.97 Å². The summed E-state index contributed by atoms with van der Waals surface area (Å²) in [5.74, 6) is 1.07. The van der Waals surface area contributed by atoms with Crippen LogP contribution < -0.4 is 5.73 Å². The second kappa shape index (κ2) is 5.46. The van der Waals surface area contributed by atoms with Crippen molar-refractivity contribution in [3.63, 3.8) is 0 Å². The van der Waals surface area contributed by atoms with Gasteiger partial charge in [-0.25, -0.2) is 4.98 Å². The molecule has 86 valence electrons. The number of fused-ring (bicyclic) bond motifs is 1. The zero-order valence-electron chi connectivity index (χ0n) is 9.17. The molecule has 3 nitrogen and oxygen atoms in total. The third-order valence-corrected chi connectivity index (χ3v) is 3.10. The zero-order valence-corrected chi connectivity index (χ0v) is 10.8. The molecule has 0 unspecified atom stereocenters. The van der Waals surface area contributed by atoms with Crippen molar-refractivity contribution < 1.29 is 0 Å². The van der Waals surface area contributed by atoms with E-state index in [1.807, 2.05) is 12.1 Å². The maximum atomic E-state index is 5.46. The lowest BCUT2D eigenvalue weighted by atomic mass is 10.2. The van der Waals surface area contributed by atoms with E-state index in [4.69, 9.17) is 5.73 Å². The number of hydrogen-bond acceptors (Lipinski definition) is 2. The van der Waals surface area contributed by atoms with Crippen LogP contribution in [-0.4, -0.2) is 16.5 Å². The molecular formula is C12H16BrN3. The van der Waals surface area contributed by atoms with Crippen LogP contribution in [0.2, 0.25) is 0 Å². The SMILES string of the molecule is NCCCCCc1nc2ccc(Br)cc2[nH]1. The standard InChI is InChI=1S/C12H16BrN3/c13-9-5-6-10-11(8-9)16-12(15-10)4-2-1-3-7-14/h5-6,8H,1-4,7,14H2,(H,15,16). The van der Waals surface area contributed by atoms with Gasteiger partial charge in [0, 0.05) is 10.9 Å². The van der Waals surface area contributed by atoms with Crippen molar-refractivity contribution >= 4 is 27.0 Å². The van der Waals surface area contributed by atoms with Crippen LogP contribution in [0.15, 0.2) is 22.7 Å². The van der Waals surface area contributed by atoms with E-state index in [9.17, 15) is 0 Å². The number of rotatable bonds is 5. The Morgan fingerprint density at radius 3 is 2.94 bits per heavy atom. The van der Waals surface area contributed by atoms with Crippen LogP contribution >= 0.6 is 15.9 Å². The lowest BCUT2D eigenvalue weighted by Gasteiger charge is -1.95. The Morgan fingerprint density at radius 1 is 1.25 bits per heavy atom. The minimum Gasteiger partial charge on any atom is -0.342 e. The number of unbranched alkanes of at least 4 members (excludes halogenated alkanes) is 2. The molecule has 0 aliphatic rings. The van der Waals surface area contributed by atoms with Crippen LogP contribution in [0.25, 0.3) is 11.0 Å². The molecule has 16 heavy (non-hydrogen) atoms. The molecule has 0 amide bonds. The summed E-state index contributed by atoms with van der Waals surface area (Å²) in [6.07, 6.45) is 4.44. The molecule has 0 saturated carbocycles. The number of imidazole rings is 1. The topological polar surface area (TPSA) is 54.7 Å². The van der Waals surface area contributed by atoms with Gasteiger partial charge < -0.3 is 10.7 Å². The summed E-state index contributed by atoms with van der Waals surface area (Å²) in [6.45, 7) is 0.785. The molecule has 4 heteroatoms. The fourth-order valence-corrected chi connectivity index (χ4v) is 2.13. The van der Waals surface area contributed by atoms with E-state index < -0.39 is 0 Å². The van der Waals surface area contributed by atoms with Crippen molar-refractivity contribution in [1.29, 1.82) is 0 Å². The molecular weight excluding hydrogens is 266 g/mol. The average Bonchev–Trinajstić information content (AvgIpc) is 2.66. The van der Waals surface area contributed by atoms with Gasteiger partial charge in [0.1, 0.15) is 5.82 Å². The van der Waals surface area contributed by atoms with E-state index in [0.29, 0.717) is 0 Å². The third-order valence-electron chi connectivity index (χ3n) is 2.61. The van der Waals surface area contributed by atoms with Crippen molar-refractivity contribution in [2.75, 3.05) is 6.54 Å². The van der Waals surface area contributed by atoms with Gasteiger partial charge in [-0.05, 0) is 37.6 Å². The van der Waals surface area contributed by atoms with Crippen molar-refractivity contribution in [2.45, 2.75) is 25.7 Å². The lowest BCUT2D eigenvalue weighted by molar-refractivity contribution is 0.674. The Labute approximate surface area is 104 Å². The molecule has 1 aromatic carbocycles. The Kier molecular flexibility index (Phi) is 3.96. The Hall–Kier alpha value is -0.870. The minimum absolute atomic E-state index is 0.785. The van der Waals surface area contributed by atoms with Crippen LogP contribution in [0.5, 0.6) is 0 Å². The lowest BCUT2D eigenvalue weighted by Crippen LogP contribution is -1.98. The Bertz CT molecular complexity index is 464. The zero-order chi connectivity index (χ0) is 11.4. The normalized spacial score (nSPS) is 11.1. The van der Waals surface area contributed by atoms with Crippen LogP contribution in [0.3, 0.4) is 0 Å². The van der Waals surface area contributed by atoms with E-state index in [-0.39, 0.29) is 0 Å². The maximum Gasteiger partial charge on any atom is 0.107 e. The molecule has 0 bridgehead atoms. The first-order chi connectivity index (χ1) is 7.79. The van der Waals surface area contributed by atoms with Gasteiger partial charge in [0.05, 0.1) is 11.0 Å². The molecule has 0 aliphatic carbocycles. The number of benzene rings is 1. The average molecular weight is 282 g/mol. The number of nitrogens with one attached hydrogen (secondary N) is 1. The van der Waals surface area contributed by atoms with Crippen LogP contribution in [0.1, 0.15) is 25.1 Å². The van der Waals surface area contributed by atoms with Gasteiger partial charge in [-0.3, -0.25) is 0 Å².